The topological polar surface area (TPSA) is 146 Å². The summed E-state index contributed by atoms with van der Waals surface area (Å²) in [7, 11) is 3.38. The maximum Gasteiger partial charge on any atom is 0.162 e. The average Bonchev–Trinajstić information content (AvgIpc) is 3.35. The molecular weight excluding hydrogens is 468 g/mol. The lowest BCUT2D eigenvalue weighted by atomic mass is 10.0. The summed E-state index contributed by atoms with van der Waals surface area (Å²) in [6, 6.07) is 13.5. The van der Waals surface area contributed by atoms with Gasteiger partial charge in [0.25, 0.3) is 0 Å². The van der Waals surface area contributed by atoms with Gasteiger partial charge in [-0.25, -0.2) is 9.97 Å². The van der Waals surface area contributed by atoms with E-state index < -0.39 is 6.10 Å². The Bertz CT molecular complexity index is 1350. The molecule has 10 nitrogen and oxygen atoms in total. The average molecular weight is 499 g/mol. The molecule has 0 spiro atoms. The third-order valence-electron chi connectivity index (χ3n) is 6.07. The molecule has 4 rings (SSSR count). The number of fused-ring (bicyclic) bond motifs is 1. The van der Waals surface area contributed by atoms with Crippen LogP contribution >= 0.6 is 0 Å². The summed E-state index contributed by atoms with van der Waals surface area (Å²) < 4.78 is 5.79. The second-order valence-electron chi connectivity index (χ2n) is 8.62. The lowest BCUT2D eigenvalue weighted by Gasteiger charge is -2.22. The number of nitrogens with zero attached hydrogens (tertiary/aromatic N) is 6. The Balaban J connectivity index is 1.78. The minimum atomic E-state index is -0.635. The number of hydrogen-bond acceptors (Lipinski definition) is 10. The van der Waals surface area contributed by atoms with Gasteiger partial charge in [0.05, 0.1) is 23.5 Å². The monoisotopic (exact) mass is 498 g/mol. The largest absolute Gasteiger partial charge is 0.491 e. The van der Waals surface area contributed by atoms with Crippen molar-refractivity contribution >= 4 is 11.5 Å². The smallest absolute Gasteiger partial charge is 0.162 e. The molecule has 190 valence electrons. The molecule has 0 amide bonds. The van der Waals surface area contributed by atoms with Gasteiger partial charge in [-0.15, -0.1) is 0 Å². The fourth-order valence-corrected chi connectivity index (χ4v) is 4.26. The van der Waals surface area contributed by atoms with E-state index in [-0.39, 0.29) is 12.2 Å². The zero-order valence-electron chi connectivity index (χ0n) is 21.1. The Hall–Kier alpha value is -4.33. The van der Waals surface area contributed by atoms with E-state index in [1.807, 2.05) is 37.3 Å². The predicted octanol–water partition coefficient (Wildman–Crippen LogP) is 2.11. The van der Waals surface area contributed by atoms with Gasteiger partial charge in [-0.05, 0) is 37.7 Å². The molecule has 3 aromatic rings. The van der Waals surface area contributed by atoms with Crippen molar-refractivity contribution < 1.29 is 9.84 Å². The Morgan fingerprint density at radius 2 is 2.16 bits per heavy atom. The molecule has 10 heteroatoms. The van der Waals surface area contributed by atoms with Crippen LogP contribution in [-0.2, 0) is 13.1 Å². The molecule has 0 bridgehead atoms. The number of nitrogens with one attached hydrogen (secondary N) is 1. The summed E-state index contributed by atoms with van der Waals surface area (Å²) in [5.41, 5.74) is 10.5. The maximum atomic E-state index is 10.0. The molecule has 1 atom stereocenters. The van der Waals surface area contributed by atoms with E-state index in [4.69, 9.17) is 20.4 Å². The first kappa shape index (κ1) is 25.8. The fraction of sp³-hybridized carbons (Fsp3) is 0.296. The van der Waals surface area contributed by atoms with E-state index in [0.717, 1.165) is 28.2 Å². The van der Waals surface area contributed by atoms with Gasteiger partial charge >= 0.3 is 0 Å². The number of aliphatic imine (C=N–C) groups is 1. The molecule has 1 aliphatic heterocycles. The van der Waals surface area contributed by atoms with Crippen LogP contribution < -0.4 is 20.7 Å². The van der Waals surface area contributed by atoms with Crippen molar-refractivity contribution in [3.05, 3.63) is 76.9 Å². The fourth-order valence-electron chi connectivity index (χ4n) is 4.26. The van der Waals surface area contributed by atoms with Crippen molar-refractivity contribution in [2.75, 3.05) is 32.1 Å². The number of hydrogen-bond donors (Lipinski definition) is 3. The summed E-state index contributed by atoms with van der Waals surface area (Å²) in [4.78, 5) is 20.8. The SMILES string of the molecule is CN=C(C(C#N)=CN)c1nc(-c2cccc(OC[C@H](O)CNC)c2)nc(N2Cc3cccnc3C2)c1C. The van der Waals surface area contributed by atoms with E-state index in [0.29, 0.717) is 42.6 Å². The molecule has 0 radical (unpaired) electrons. The van der Waals surface area contributed by atoms with Crippen LogP contribution in [0.4, 0.5) is 5.82 Å². The summed E-state index contributed by atoms with van der Waals surface area (Å²) in [5, 5.41) is 22.6. The lowest BCUT2D eigenvalue weighted by molar-refractivity contribution is 0.108. The maximum absolute atomic E-state index is 10.0. The molecule has 0 aliphatic carbocycles. The molecule has 4 N–H and O–H groups in total. The molecule has 0 unspecified atom stereocenters. The highest BCUT2D eigenvalue weighted by atomic mass is 16.5. The Morgan fingerprint density at radius 3 is 2.86 bits per heavy atom. The Labute approximate surface area is 216 Å². The van der Waals surface area contributed by atoms with E-state index in [1.54, 1.807) is 20.3 Å². The molecule has 3 heterocycles. The zero-order chi connectivity index (χ0) is 26.4. The third-order valence-corrected chi connectivity index (χ3v) is 6.07. The quantitative estimate of drug-likeness (QED) is 0.298. The van der Waals surface area contributed by atoms with Gasteiger partial charge in [0.1, 0.15) is 36.1 Å². The third kappa shape index (κ3) is 5.58. The number of nitrogens with two attached hydrogens (primary N) is 1. The van der Waals surface area contributed by atoms with Crippen LogP contribution in [0.1, 0.15) is 22.5 Å². The van der Waals surface area contributed by atoms with Crippen molar-refractivity contribution in [2.24, 2.45) is 10.7 Å². The van der Waals surface area contributed by atoms with Gasteiger partial charge in [0.15, 0.2) is 5.82 Å². The number of aliphatic hydroxyl groups is 1. The van der Waals surface area contributed by atoms with E-state index >= 15 is 0 Å². The van der Waals surface area contributed by atoms with Crippen molar-refractivity contribution in [2.45, 2.75) is 26.1 Å². The van der Waals surface area contributed by atoms with Gasteiger partial charge in [-0.2, -0.15) is 5.26 Å². The molecule has 2 aromatic heterocycles. The lowest BCUT2D eigenvalue weighted by Crippen LogP contribution is -2.29. The van der Waals surface area contributed by atoms with Crippen LogP contribution in [0, 0.1) is 18.3 Å². The van der Waals surface area contributed by atoms with Gasteiger partial charge in [-0.3, -0.25) is 9.98 Å². The standard InChI is InChI=1S/C27H30N8O2/c1-17-24(25(31-3)20(11-28)12-29)33-26(18-6-4-8-22(10-18)37-16-21(36)13-30-2)34-27(17)35-14-19-7-5-9-32-23(19)15-35/h4-11,21,30,36H,13-16,28H2,1-3H3/t21-/m1/s1. The number of likely N-dealkylation sites (N-methyl/N-ethyl adjacent to an activating group) is 1. The van der Waals surface area contributed by atoms with Crippen molar-refractivity contribution in [3.8, 4) is 23.2 Å². The van der Waals surface area contributed by atoms with E-state index in [2.05, 4.69) is 32.3 Å². The molecular formula is C27H30N8O2. The van der Waals surface area contributed by atoms with Crippen molar-refractivity contribution in [1.29, 1.82) is 5.26 Å². The highest BCUT2D eigenvalue weighted by molar-refractivity contribution is 6.15. The number of ether oxygens (including phenoxy) is 1. The Kier molecular flexibility index (Phi) is 8.08. The summed E-state index contributed by atoms with van der Waals surface area (Å²) in [5.74, 6) is 1.77. The van der Waals surface area contributed by atoms with Crippen LogP contribution in [0.2, 0.25) is 0 Å². The minimum Gasteiger partial charge on any atom is -0.491 e. The van der Waals surface area contributed by atoms with Gasteiger partial charge < -0.3 is 25.8 Å². The van der Waals surface area contributed by atoms with Crippen LogP contribution in [0.3, 0.4) is 0 Å². The number of anilines is 1. The first-order chi connectivity index (χ1) is 18.0. The molecule has 37 heavy (non-hydrogen) atoms. The molecule has 1 aliphatic rings. The number of aromatic nitrogens is 3. The highest BCUT2D eigenvalue weighted by Gasteiger charge is 2.26. The molecule has 0 saturated carbocycles. The number of aliphatic hydroxyl groups excluding tert-OH is 1. The first-order valence-electron chi connectivity index (χ1n) is 11.9. The van der Waals surface area contributed by atoms with Crippen LogP contribution in [-0.4, -0.2) is 59.1 Å². The number of benzene rings is 1. The van der Waals surface area contributed by atoms with E-state index in [9.17, 15) is 10.4 Å². The molecule has 1 aromatic carbocycles. The van der Waals surface area contributed by atoms with Crippen molar-refractivity contribution in [3.63, 3.8) is 0 Å². The van der Waals surface area contributed by atoms with Gasteiger partial charge in [-0.1, -0.05) is 18.2 Å². The molecule has 0 fully saturated rings. The number of pyridine rings is 1. The number of allylic oxidation sites excluding steroid dienone is 1. The molecule has 0 saturated heterocycles. The minimum absolute atomic E-state index is 0.147. The summed E-state index contributed by atoms with van der Waals surface area (Å²) in [6.07, 6.45) is 2.39. The van der Waals surface area contributed by atoms with Crippen LogP contribution in [0.25, 0.3) is 11.4 Å². The van der Waals surface area contributed by atoms with Gasteiger partial charge in [0, 0.05) is 43.7 Å². The van der Waals surface area contributed by atoms with Crippen LogP contribution in [0.5, 0.6) is 5.75 Å². The van der Waals surface area contributed by atoms with Gasteiger partial charge in [0.2, 0.25) is 0 Å². The number of nitriles is 1. The first-order valence-corrected chi connectivity index (χ1v) is 11.9. The van der Waals surface area contributed by atoms with E-state index in [1.165, 1.54) is 6.20 Å². The summed E-state index contributed by atoms with van der Waals surface area (Å²) >= 11 is 0. The second kappa shape index (κ2) is 11.6. The summed E-state index contributed by atoms with van der Waals surface area (Å²) in [6.45, 7) is 3.76. The highest BCUT2D eigenvalue weighted by Crippen LogP contribution is 2.32. The second-order valence-corrected chi connectivity index (χ2v) is 8.62. The Morgan fingerprint density at radius 1 is 1.32 bits per heavy atom. The zero-order valence-corrected chi connectivity index (χ0v) is 21.1. The number of rotatable bonds is 9. The van der Waals surface area contributed by atoms with Crippen LogP contribution in [0.15, 0.2) is 59.4 Å². The normalized spacial score (nSPS) is 14.3. The predicted molar refractivity (Wildman–Crippen MR) is 142 cm³/mol. The van der Waals surface area contributed by atoms with Crippen molar-refractivity contribution in [1.82, 2.24) is 20.3 Å².